The summed E-state index contributed by atoms with van der Waals surface area (Å²) in [6.07, 6.45) is 8.56. The minimum Gasteiger partial charge on any atom is -0.381 e. The Labute approximate surface area is 108 Å². The van der Waals surface area contributed by atoms with Crippen LogP contribution in [0.25, 0.3) is 10.9 Å². The number of H-pyrrole nitrogens is 1. The molecule has 1 aromatic carbocycles. The van der Waals surface area contributed by atoms with Crippen LogP contribution in [0.4, 0.5) is 5.69 Å². The van der Waals surface area contributed by atoms with Gasteiger partial charge in [0.25, 0.3) is 0 Å². The molecule has 1 heterocycles. The van der Waals surface area contributed by atoms with E-state index in [1.165, 1.54) is 43.2 Å². The minimum atomic E-state index is 0.623. The summed E-state index contributed by atoms with van der Waals surface area (Å²) in [4.78, 5) is 0. The average Bonchev–Trinajstić information content (AvgIpc) is 2.88. The van der Waals surface area contributed by atoms with Gasteiger partial charge in [-0.15, -0.1) is 0 Å². The molecule has 18 heavy (non-hydrogen) atoms. The minimum absolute atomic E-state index is 0.623. The van der Waals surface area contributed by atoms with Gasteiger partial charge >= 0.3 is 0 Å². The smallest absolute Gasteiger partial charge is 0.0881 e. The van der Waals surface area contributed by atoms with Gasteiger partial charge in [-0.2, -0.15) is 5.10 Å². The van der Waals surface area contributed by atoms with Crippen LogP contribution >= 0.6 is 0 Å². The highest BCUT2D eigenvalue weighted by Gasteiger charge is 2.21. The molecule has 2 unspecified atom stereocenters. The highest BCUT2D eigenvalue weighted by molar-refractivity contribution is 5.89. The molecule has 1 fully saturated rings. The Kier molecular flexibility index (Phi) is 3.22. The summed E-state index contributed by atoms with van der Waals surface area (Å²) >= 11 is 0. The van der Waals surface area contributed by atoms with Crippen LogP contribution in [0.15, 0.2) is 24.4 Å². The lowest BCUT2D eigenvalue weighted by Gasteiger charge is -2.30. The van der Waals surface area contributed by atoms with Gasteiger partial charge in [0.1, 0.15) is 0 Å². The van der Waals surface area contributed by atoms with Crippen LogP contribution < -0.4 is 5.32 Å². The molecular weight excluding hydrogens is 222 g/mol. The van der Waals surface area contributed by atoms with E-state index in [1.807, 2.05) is 6.20 Å². The number of nitrogens with zero attached hydrogens (tertiary/aromatic N) is 1. The third-order valence-electron chi connectivity index (χ3n) is 4.20. The third kappa shape index (κ3) is 2.22. The van der Waals surface area contributed by atoms with E-state index in [0.717, 1.165) is 11.4 Å². The number of aromatic nitrogens is 2. The van der Waals surface area contributed by atoms with E-state index < -0.39 is 0 Å². The standard InChI is InChI=1S/C15H21N3/c1-2-11-5-3-7-13(9-11)17-14-8-4-6-12-10-16-18-15(12)14/h4,6,8,10-11,13,17H,2-3,5,7,9H2,1H3,(H,16,18). The molecule has 2 N–H and O–H groups in total. The normalized spacial score (nSPS) is 24.3. The van der Waals surface area contributed by atoms with E-state index in [-0.39, 0.29) is 0 Å². The van der Waals surface area contributed by atoms with Crippen molar-refractivity contribution in [2.45, 2.75) is 45.1 Å². The molecule has 0 bridgehead atoms. The zero-order valence-corrected chi connectivity index (χ0v) is 10.9. The first-order chi connectivity index (χ1) is 8.86. The van der Waals surface area contributed by atoms with E-state index in [4.69, 9.17) is 0 Å². The number of benzene rings is 1. The molecule has 3 nitrogen and oxygen atoms in total. The van der Waals surface area contributed by atoms with Crippen LogP contribution in [0.1, 0.15) is 39.0 Å². The van der Waals surface area contributed by atoms with Gasteiger partial charge in [-0.1, -0.05) is 38.3 Å². The first-order valence-electron chi connectivity index (χ1n) is 7.05. The van der Waals surface area contributed by atoms with E-state index >= 15 is 0 Å². The van der Waals surface area contributed by atoms with Crippen molar-refractivity contribution in [3.63, 3.8) is 0 Å². The summed E-state index contributed by atoms with van der Waals surface area (Å²) in [7, 11) is 0. The van der Waals surface area contributed by atoms with Gasteiger partial charge in [0.15, 0.2) is 0 Å². The summed E-state index contributed by atoms with van der Waals surface area (Å²) < 4.78 is 0. The first-order valence-corrected chi connectivity index (χ1v) is 7.05. The quantitative estimate of drug-likeness (QED) is 0.857. The molecule has 0 saturated heterocycles. The van der Waals surface area contributed by atoms with Gasteiger partial charge in [0.2, 0.25) is 0 Å². The van der Waals surface area contributed by atoms with Gasteiger partial charge in [-0.3, -0.25) is 5.10 Å². The molecular formula is C15H21N3. The molecule has 0 amide bonds. The van der Waals surface area contributed by atoms with Crippen molar-refractivity contribution in [2.24, 2.45) is 5.92 Å². The van der Waals surface area contributed by atoms with Gasteiger partial charge in [0, 0.05) is 11.4 Å². The fourth-order valence-corrected chi connectivity index (χ4v) is 3.10. The molecule has 3 heteroatoms. The molecule has 0 spiro atoms. The number of fused-ring (bicyclic) bond motifs is 1. The summed E-state index contributed by atoms with van der Waals surface area (Å²) in [5.74, 6) is 0.900. The maximum Gasteiger partial charge on any atom is 0.0881 e. The highest BCUT2D eigenvalue weighted by Crippen LogP contribution is 2.30. The molecule has 3 rings (SSSR count). The lowest BCUT2D eigenvalue weighted by Crippen LogP contribution is -2.27. The van der Waals surface area contributed by atoms with Crippen LogP contribution in [0, 0.1) is 5.92 Å². The monoisotopic (exact) mass is 243 g/mol. The van der Waals surface area contributed by atoms with Gasteiger partial charge < -0.3 is 5.32 Å². The second kappa shape index (κ2) is 5.01. The van der Waals surface area contributed by atoms with E-state index in [9.17, 15) is 0 Å². The van der Waals surface area contributed by atoms with E-state index in [2.05, 4.69) is 40.6 Å². The fourth-order valence-electron chi connectivity index (χ4n) is 3.10. The summed E-state index contributed by atoms with van der Waals surface area (Å²) in [6, 6.07) is 6.97. The van der Waals surface area contributed by atoms with Crippen molar-refractivity contribution >= 4 is 16.6 Å². The largest absolute Gasteiger partial charge is 0.381 e. The molecule has 1 saturated carbocycles. The Morgan fingerprint density at radius 2 is 2.33 bits per heavy atom. The Hall–Kier alpha value is -1.51. The van der Waals surface area contributed by atoms with Crippen molar-refractivity contribution in [2.75, 3.05) is 5.32 Å². The van der Waals surface area contributed by atoms with Gasteiger partial charge in [0.05, 0.1) is 17.4 Å². The van der Waals surface area contributed by atoms with Crippen molar-refractivity contribution in [1.29, 1.82) is 0 Å². The number of nitrogens with one attached hydrogen (secondary N) is 2. The van der Waals surface area contributed by atoms with Crippen LogP contribution in [0.3, 0.4) is 0 Å². The highest BCUT2D eigenvalue weighted by atomic mass is 15.1. The lowest BCUT2D eigenvalue weighted by atomic mass is 9.84. The number of para-hydroxylation sites is 1. The van der Waals surface area contributed by atoms with Crippen LogP contribution in [0.5, 0.6) is 0 Å². The number of hydrogen-bond acceptors (Lipinski definition) is 2. The molecule has 0 aliphatic heterocycles. The van der Waals surface area contributed by atoms with Crippen molar-refractivity contribution in [1.82, 2.24) is 10.2 Å². The lowest BCUT2D eigenvalue weighted by molar-refractivity contribution is 0.327. The Balaban J connectivity index is 1.77. The van der Waals surface area contributed by atoms with Gasteiger partial charge in [-0.05, 0) is 24.8 Å². The van der Waals surface area contributed by atoms with E-state index in [0.29, 0.717) is 6.04 Å². The number of anilines is 1. The summed E-state index contributed by atoms with van der Waals surface area (Å²) in [5, 5.41) is 12.1. The Morgan fingerprint density at radius 1 is 1.39 bits per heavy atom. The Morgan fingerprint density at radius 3 is 3.22 bits per heavy atom. The van der Waals surface area contributed by atoms with E-state index in [1.54, 1.807) is 0 Å². The number of hydrogen-bond donors (Lipinski definition) is 2. The second-order valence-corrected chi connectivity index (χ2v) is 5.42. The van der Waals surface area contributed by atoms with Crippen LogP contribution in [-0.4, -0.2) is 16.2 Å². The van der Waals surface area contributed by atoms with Crippen molar-refractivity contribution in [3.05, 3.63) is 24.4 Å². The maximum absolute atomic E-state index is 4.12. The summed E-state index contributed by atoms with van der Waals surface area (Å²) in [6.45, 7) is 2.31. The van der Waals surface area contributed by atoms with Crippen LogP contribution in [0.2, 0.25) is 0 Å². The maximum atomic E-state index is 4.12. The molecule has 1 aliphatic carbocycles. The van der Waals surface area contributed by atoms with Gasteiger partial charge in [-0.25, -0.2) is 0 Å². The molecule has 1 aliphatic rings. The predicted octanol–water partition coefficient (Wildman–Crippen LogP) is 3.94. The first kappa shape index (κ1) is 11.6. The molecule has 2 atom stereocenters. The van der Waals surface area contributed by atoms with Crippen molar-refractivity contribution < 1.29 is 0 Å². The molecule has 0 radical (unpaired) electrons. The second-order valence-electron chi connectivity index (χ2n) is 5.42. The molecule has 1 aromatic heterocycles. The molecule has 96 valence electrons. The zero-order chi connectivity index (χ0) is 12.4. The number of rotatable bonds is 3. The number of aromatic amines is 1. The van der Waals surface area contributed by atoms with Crippen LogP contribution in [-0.2, 0) is 0 Å². The molecule has 2 aromatic rings. The van der Waals surface area contributed by atoms with Crippen molar-refractivity contribution in [3.8, 4) is 0 Å². The Bertz CT molecular complexity index is 517. The predicted molar refractivity (Wildman–Crippen MR) is 75.8 cm³/mol. The topological polar surface area (TPSA) is 40.7 Å². The average molecular weight is 243 g/mol. The summed E-state index contributed by atoms with van der Waals surface area (Å²) in [5.41, 5.74) is 2.34. The third-order valence-corrected chi connectivity index (χ3v) is 4.20. The fraction of sp³-hybridized carbons (Fsp3) is 0.533. The SMILES string of the molecule is CCC1CCCC(Nc2cccc3cn[nH]c23)C1. The zero-order valence-electron chi connectivity index (χ0n) is 10.9.